The maximum absolute atomic E-state index is 13.1. The van der Waals surface area contributed by atoms with E-state index in [2.05, 4.69) is 4.90 Å². The summed E-state index contributed by atoms with van der Waals surface area (Å²) in [6, 6.07) is 4.99. The van der Waals surface area contributed by atoms with Gasteiger partial charge in [0.1, 0.15) is 12.1 Å². The van der Waals surface area contributed by atoms with Crippen molar-refractivity contribution in [2.24, 2.45) is 5.92 Å². The van der Waals surface area contributed by atoms with E-state index in [1.807, 2.05) is 13.0 Å². The molecule has 0 unspecified atom stereocenters. The second-order valence-corrected chi connectivity index (χ2v) is 4.51. The van der Waals surface area contributed by atoms with Crippen molar-refractivity contribution in [3.05, 3.63) is 35.1 Å². The molecule has 0 amide bonds. The number of carbonyl (C=O) groups excluding carboxylic acids is 1. The van der Waals surface area contributed by atoms with Crippen LogP contribution in [0.1, 0.15) is 18.1 Å². The predicted molar refractivity (Wildman–Crippen MR) is 60.6 cm³/mol. The molecule has 1 aliphatic rings. The molecule has 1 aromatic carbocycles. The van der Waals surface area contributed by atoms with E-state index < -0.39 is 0 Å². The van der Waals surface area contributed by atoms with E-state index in [9.17, 15) is 9.18 Å². The summed E-state index contributed by atoms with van der Waals surface area (Å²) < 4.78 is 13.1. The standard InChI is InChI=1S/C13H16FNO/c1-10(9-16)7-15-5-4-11-2-3-13(14)6-12(11)8-15/h2-3,6,9-10H,4-5,7-8H2,1H3/t10-/m1/s1. The van der Waals surface area contributed by atoms with Crippen LogP contribution in [-0.4, -0.2) is 24.3 Å². The second-order valence-electron chi connectivity index (χ2n) is 4.51. The Morgan fingerprint density at radius 1 is 1.50 bits per heavy atom. The molecule has 0 bridgehead atoms. The van der Waals surface area contributed by atoms with E-state index in [0.717, 1.165) is 37.9 Å². The summed E-state index contributed by atoms with van der Waals surface area (Å²) in [4.78, 5) is 12.8. The first-order valence-corrected chi connectivity index (χ1v) is 5.64. The van der Waals surface area contributed by atoms with Crippen LogP contribution in [0.3, 0.4) is 0 Å². The number of hydrogen-bond donors (Lipinski definition) is 0. The number of carbonyl (C=O) groups is 1. The van der Waals surface area contributed by atoms with Crippen LogP contribution in [0.2, 0.25) is 0 Å². The van der Waals surface area contributed by atoms with Crippen LogP contribution in [-0.2, 0) is 17.8 Å². The quantitative estimate of drug-likeness (QED) is 0.728. The molecular formula is C13H16FNO. The molecule has 2 nitrogen and oxygen atoms in total. The van der Waals surface area contributed by atoms with Crippen LogP contribution in [0.5, 0.6) is 0 Å². The monoisotopic (exact) mass is 221 g/mol. The molecule has 0 fully saturated rings. The fourth-order valence-corrected chi connectivity index (χ4v) is 2.19. The van der Waals surface area contributed by atoms with Gasteiger partial charge in [0.05, 0.1) is 0 Å². The molecule has 1 atom stereocenters. The Labute approximate surface area is 95.1 Å². The molecule has 86 valence electrons. The van der Waals surface area contributed by atoms with Gasteiger partial charge in [-0.15, -0.1) is 0 Å². The summed E-state index contributed by atoms with van der Waals surface area (Å²) in [6.45, 7) is 4.38. The highest BCUT2D eigenvalue weighted by molar-refractivity contribution is 5.53. The number of nitrogens with zero attached hydrogens (tertiary/aromatic N) is 1. The molecule has 0 aliphatic carbocycles. The van der Waals surface area contributed by atoms with Crippen LogP contribution in [0.4, 0.5) is 4.39 Å². The van der Waals surface area contributed by atoms with Gasteiger partial charge in [0, 0.05) is 25.6 Å². The Balaban J connectivity index is 2.07. The third kappa shape index (κ3) is 2.47. The molecule has 1 aromatic rings. The summed E-state index contributed by atoms with van der Waals surface area (Å²) in [6.07, 6.45) is 1.92. The van der Waals surface area contributed by atoms with Crippen LogP contribution in [0, 0.1) is 11.7 Å². The lowest BCUT2D eigenvalue weighted by molar-refractivity contribution is -0.111. The molecule has 0 spiro atoms. The Morgan fingerprint density at radius 2 is 2.31 bits per heavy atom. The fraction of sp³-hybridized carbons (Fsp3) is 0.462. The van der Waals surface area contributed by atoms with Gasteiger partial charge in [0.25, 0.3) is 0 Å². The van der Waals surface area contributed by atoms with Gasteiger partial charge in [-0.25, -0.2) is 4.39 Å². The minimum absolute atomic E-state index is 0.0510. The topological polar surface area (TPSA) is 20.3 Å². The number of benzene rings is 1. The maximum atomic E-state index is 13.1. The van der Waals surface area contributed by atoms with Gasteiger partial charge >= 0.3 is 0 Å². The number of rotatable bonds is 3. The third-order valence-electron chi connectivity index (χ3n) is 3.04. The Kier molecular flexibility index (Phi) is 3.34. The summed E-state index contributed by atoms with van der Waals surface area (Å²) >= 11 is 0. The molecule has 1 aliphatic heterocycles. The van der Waals surface area contributed by atoms with E-state index in [0.29, 0.717) is 0 Å². The van der Waals surface area contributed by atoms with Crippen molar-refractivity contribution in [3.8, 4) is 0 Å². The lowest BCUT2D eigenvalue weighted by Gasteiger charge is -2.29. The van der Waals surface area contributed by atoms with Crippen molar-refractivity contribution in [2.75, 3.05) is 13.1 Å². The van der Waals surface area contributed by atoms with Gasteiger partial charge in [-0.05, 0) is 29.7 Å². The normalized spacial score (nSPS) is 17.9. The van der Waals surface area contributed by atoms with Crippen LogP contribution < -0.4 is 0 Å². The highest BCUT2D eigenvalue weighted by Crippen LogP contribution is 2.20. The molecule has 3 heteroatoms. The van der Waals surface area contributed by atoms with Gasteiger partial charge in [0.15, 0.2) is 0 Å². The molecule has 2 rings (SSSR count). The van der Waals surface area contributed by atoms with Crippen molar-refractivity contribution >= 4 is 6.29 Å². The number of fused-ring (bicyclic) bond motifs is 1. The molecular weight excluding hydrogens is 205 g/mol. The molecule has 16 heavy (non-hydrogen) atoms. The van der Waals surface area contributed by atoms with Crippen molar-refractivity contribution in [1.29, 1.82) is 0 Å². The fourth-order valence-electron chi connectivity index (χ4n) is 2.19. The zero-order valence-electron chi connectivity index (χ0n) is 9.45. The Morgan fingerprint density at radius 3 is 3.06 bits per heavy atom. The lowest BCUT2D eigenvalue weighted by atomic mass is 9.99. The Hall–Kier alpha value is -1.22. The highest BCUT2D eigenvalue weighted by atomic mass is 19.1. The number of aldehydes is 1. The van der Waals surface area contributed by atoms with E-state index in [1.165, 1.54) is 11.6 Å². The zero-order chi connectivity index (χ0) is 11.5. The smallest absolute Gasteiger partial charge is 0.124 e. The van der Waals surface area contributed by atoms with Crippen LogP contribution in [0.25, 0.3) is 0 Å². The van der Waals surface area contributed by atoms with Gasteiger partial charge < -0.3 is 4.79 Å². The van der Waals surface area contributed by atoms with Crippen LogP contribution >= 0.6 is 0 Å². The van der Waals surface area contributed by atoms with Crippen LogP contribution in [0.15, 0.2) is 18.2 Å². The van der Waals surface area contributed by atoms with Gasteiger partial charge in [-0.3, -0.25) is 4.90 Å². The van der Waals surface area contributed by atoms with Gasteiger partial charge in [-0.1, -0.05) is 13.0 Å². The lowest BCUT2D eigenvalue weighted by Crippen LogP contribution is -2.34. The Bertz CT molecular complexity index is 392. The first-order chi connectivity index (χ1) is 7.69. The third-order valence-corrected chi connectivity index (χ3v) is 3.04. The maximum Gasteiger partial charge on any atom is 0.124 e. The van der Waals surface area contributed by atoms with Crippen molar-refractivity contribution < 1.29 is 9.18 Å². The van der Waals surface area contributed by atoms with E-state index >= 15 is 0 Å². The second kappa shape index (κ2) is 4.74. The van der Waals surface area contributed by atoms with E-state index in [4.69, 9.17) is 0 Å². The average molecular weight is 221 g/mol. The summed E-state index contributed by atoms with van der Waals surface area (Å²) in [5.74, 6) is -0.126. The number of halogens is 1. The van der Waals surface area contributed by atoms with Crippen molar-refractivity contribution in [2.45, 2.75) is 19.9 Å². The first-order valence-electron chi connectivity index (χ1n) is 5.64. The summed E-state index contributed by atoms with van der Waals surface area (Å²) in [5.41, 5.74) is 2.29. The van der Waals surface area contributed by atoms with Crippen molar-refractivity contribution in [1.82, 2.24) is 4.90 Å². The molecule has 0 N–H and O–H groups in total. The minimum Gasteiger partial charge on any atom is -0.303 e. The molecule has 0 saturated heterocycles. The molecule has 1 heterocycles. The van der Waals surface area contributed by atoms with E-state index in [1.54, 1.807) is 6.07 Å². The molecule has 0 aromatic heterocycles. The highest BCUT2D eigenvalue weighted by Gasteiger charge is 2.17. The first kappa shape index (κ1) is 11.3. The van der Waals surface area contributed by atoms with E-state index in [-0.39, 0.29) is 11.7 Å². The largest absolute Gasteiger partial charge is 0.303 e. The average Bonchev–Trinajstić information content (AvgIpc) is 2.28. The minimum atomic E-state index is -0.177. The number of hydrogen-bond acceptors (Lipinski definition) is 2. The molecule has 0 saturated carbocycles. The zero-order valence-corrected chi connectivity index (χ0v) is 9.45. The summed E-state index contributed by atoms with van der Waals surface area (Å²) in [5, 5.41) is 0. The van der Waals surface area contributed by atoms with Gasteiger partial charge in [0.2, 0.25) is 0 Å². The van der Waals surface area contributed by atoms with Crippen molar-refractivity contribution in [3.63, 3.8) is 0 Å². The SMILES string of the molecule is C[C@@H](C=O)CN1CCc2ccc(F)cc2C1. The predicted octanol–water partition coefficient (Wildman–Crippen LogP) is 2.02. The molecule has 0 radical (unpaired) electrons. The van der Waals surface area contributed by atoms with Gasteiger partial charge in [-0.2, -0.15) is 0 Å². The summed E-state index contributed by atoms with van der Waals surface area (Å²) in [7, 11) is 0.